The molecule has 2 fully saturated rings. The zero-order chi connectivity index (χ0) is 11.9. The summed E-state index contributed by atoms with van der Waals surface area (Å²) in [7, 11) is 0. The topological polar surface area (TPSA) is 92.5 Å². The van der Waals surface area contributed by atoms with Gasteiger partial charge < -0.3 is 10.6 Å². The van der Waals surface area contributed by atoms with Crippen molar-refractivity contribution in [3.05, 3.63) is 0 Å². The van der Waals surface area contributed by atoms with Crippen LogP contribution in [0.2, 0.25) is 0 Å². The Bertz CT molecular complexity index is 362. The fourth-order valence-electron chi connectivity index (χ4n) is 1.92. The van der Waals surface area contributed by atoms with Crippen LogP contribution in [0, 0.1) is 0 Å². The molecular weight excluding hydrogens is 210 g/mol. The molecule has 3 amide bonds. The van der Waals surface area contributed by atoms with Crippen LogP contribution >= 0.6 is 0 Å². The van der Waals surface area contributed by atoms with Gasteiger partial charge in [0.1, 0.15) is 12.6 Å². The van der Waals surface area contributed by atoms with Gasteiger partial charge in [-0.15, -0.1) is 0 Å². The minimum atomic E-state index is -0.828. The van der Waals surface area contributed by atoms with Gasteiger partial charge in [0.05, 0.1) is 5.54 Å². The van der Waals surface area contributed by atoms with E-state index in [1.54, 1.807) is 6.92 Å². The standard InChI is InChI=1S/C10H15N3O3/c1-2-6-8(15)12-7(14)5-13(6)9(16)10(11)3-4-10/h6H,2-5,11H2,1H3,(H,12,14,15). The Labute approximate surface area is 93.1 Å². The summed E-state index contributed by atoms with van der Waals surface area (Å²) in [6.07, 6.45) is 1.75. The molecule has 0 spiro atoms. The van der Waals surface area contributed by atoms with Gasteiger partial charge in [-0.25, -0.2) is 0 Å². The molecule has 0 bridgehead atoms. The van der Waals surface area contributed by atoms with Gasteiger partial charge in [0.15, 0.2) is 0 Å². The van der Waals surface area contributed by atoms with Crippen LogP contribution in [-0.2, 0) is 14.4 Å². The maximum Gasteiger partial charge on any atom is 0.249 e. The number of rotatable bonds is 2. The number of nitrogens with one attached hydrogen (secondary N) is 1. The average Bonchev–Trinajstić information content (AvgIpc) is 2.95. The lowest BCUT2D eigenvalue weighted by Gasteiger charge is -2.35. The molecule has 2 rings (SSSR count). The molecule has 1 saturated carbocycles. The fourth-order valence-corrected chi connectivity index (χ4v) is 1.92. The van der Waals surface area contributed by atoms with Crippen molar-refractivity contribution in [2.45, 2.75) is 37.8 Å². The summed E-state index contributed by atoms with van der Waals surface area (Å²) in [4.78, 5) is 36.1. The molecule has 6 nitrogen and oxygen atoms in total. The first kappa shape index (κ1) is 11.1. The first-order chi connectivity index (χ1) is 7.48. The third-order valence-corrected chi connectivity index (χ3v) is 3.12. The zero-order valence-electron chi connectivity index (χ0n) is 9.16. The lowest BCUT2D eigenvalue weighted by Crippen LogP contribution is -2.62. The molecule has 1 atom stereocenters. The second kappa shape index (κ2) is 3.55. The summed E-state index contributed by atoms with van der Waals surface area (Å²) in [5.41, 5.74) is 4.97. The maximum atomic E-state index is 12.0. The number of carbonyl (C=O) groups is 3. The van der Waals surface area contributed by atoms with Crippen molar-refractivity contribution in [3.8, 4) is 0 Å². The Balaban J connectivity index is 2.19. The predicted octanol–water partition coefficient (Wildman–Crippen LogP) is -1.26. The van der Waals surface area contributed by atoms with Crippen LogP contribution in [0.5, 0.6) is 0 Å². The van der Waals surface area contributed by atoms with E-state index in [1.165, 1.54) is 4.90 Å². The van der Waals surface area contributed by atoms with Crippen LogP contribution in [0.1, 0.15) is 26.2 Å². The number of amides is 3. The smallest absolute Gasteiger partial charge is 0.249 e. The van der Waals surface area contributed by atoms with E-state index in [0.29, 0.717) is 19.3 Å². The number of imide groups is 1. The number of nitrogens with two attached hydrogens (primary N) is 1. The molecular formula is C10H15N3O3. The van der Waals surface area contributed by atoms with Crippen LogP contribution in [0.3, 0.4) is 0 Å². The third kappa shape index (κ3) is 1.69. The van der Waals surface area contributed by atoms with Gasteiger partial charge in [0, 0.05) is 0 Å². The highest BCUT2D eigenvalue weighted by Crippen LogP contribution is 2.35. The lowest BCUT2D eigenvalue weighted by molar-refractivity contribution is -0.151. The molecule has 1 heterocycles. The van der Waals surface area contributed by atoms with Crippen LogP contribution in [0.25, 0.3) is 0 Å². The minimum absolute atomic E-state index is 0.0674. The summed E-state index contributed by atoms with van der Waals surface area (Å²) >= 11 is 0. The van der Waals surface area contributed by atoms with E-state index < -0.39 is 23.4 Å². The number of hydrogen-bond donors (Lipinski definition) is 2. The van der Waals surface area contributed by atoms with Crippen LogP contribution < -0.4 is 11.1 Å². The zero-order valence-corrected chi connectivity index (χ0v) is 9.16. The highest BCUT2D eigenvalue weighted by atomic mass is 16.2. The van der Waals surface area contributed by atoms with Gasteiger partial charge in [0.25, 0.3) is 0 Å². The normalized spacial score (nSPS) is 27.6. The second-order valence-electron chi connectivity index (χ2n) is 4.43. The Morgan fingerprint density at radius 1 is 1.56 bits per heavy atom. The van der Waals surface area contributed by atoms with Crippen molar-refractivity contribution >= 4 is 17.7 Å². The summed E-state index contributed by atoms with van der Waals surface area (Å²) in [5.74, 6) is -1.12. The molecule has 16 heavy (non-hydrogen) atoms. The van der Waals surface area contributed by atoms with E-state index >= 15 is 0 Å². The molecule has 88 valence electrons. The molecule has 0 aromatic carbocycles. The Hall–Kier alpha value is -1.43. The molecule has 3 N–H and O–H groups in total. The molecule has 1 aliphatic carbocycles. The summed E-state index contributed by atoms with van der Waals surface area (Å²) in [6, 6.07) is -0.564. The molecule has 1 unspecified atom stereocenters. The van der Waals surface area contributed by atoms with E-state index in [0.717, 1.165) is 0 Å². The van der Waals surface area contributed by atoms with Crippen molar-refractivity contribution in [1.29, 1.82) is 0 Å². The van der Waals surface area contributed by atoms with Gasteiger partial charge in [-0.3, -0.25) is 19.7 Å². The summed E-state index contributed by atoms with van der Waals surface area (Å²) < 4.78 is 0. The number of hydrogen-bond acceptors (Lipinski definition) is 4. The fraction of sp³-hybridized carbons (Fsp3) is 0.700. The average molecular weight is 225 g/mol. The van der Waals surface area contributed by atoms with E-state index in [4.69, 9.17) is 5.73 Å². The molecule has 1 saturated heterocycles. The van der Waals surface area contributed by atoms with Crippen molar-refractivity contribution in [1.82, 2.24) is 10.2 Å². The predicted molar refractivity (Wildman–Crippen MR) is 55.1 cm³/mol. The summed E-state index contributed by atoms with van der Waals surface area (Å²) in [5, 5.41) is 2.22. The molecule has 2 aliphatic rings. The largest absolute Gasteiger partial charge is 0.320 e. The highest BCUT2D eigenvalue weighted by molar-refractivity contribution is 6.05. The van der Waals surface area contributed by atoms with Crippen LogP contribution in [0.4, 0.5) is 0 Å². The molecule has 0 aromatic heterocycles. The molecule has 0 radical (unpaired) electrons. The van der Waals surface area contributed by atoms with Crippen molar-refractivity contribution < 1.29 is 14.4 Å². The van der Waals surface area contributed by atoms with E-state index in [9.17, 15) is 14.4 Å². The lowest BCUT2D eigenvalue weighted by atomic mass is 10.1. The molecule has 0 aromatic rings. The number of nitrogens with zero attached hydrogens (tertiary/aromatic N) is 1. The van der Waals surface area contributed by atoms with E-state index in [2.05, 4.69) is 5.32 Å². The van der Waals surface area contributed by atoms with Crippen molar-refractivity contribution in [2.75, 3.05) is 6.54 Å². The van der Waals surface area contributed by atoms with Gasteiger partial charge in [0.2, 0.25) is 17.7 Å². The number of piperazine rings is 1. The monoisotopic (exact) mass is 225 g/mol. The minimum Gasteiger partial charge on any atom is -0.320 e. The first-order valence-electron chi connectivity index (χ1n) is 5.41. The van der Waals surface area contributed by atoms with E-state index in [1.807, 2.05) is 0 Å². The Kier molecular flexibility index (Phi) is 2.46. The van der Waals surface area contributed by atoms with Gasteiger partial charge >= 0.3 is 0 Å². The molecule has 1 aliphatic heterocycles. The van der Waals surface area contributed by atoms with Crippen LogP contribution in [0.15, 0.2) is 0 Å². The van der Waals surface area contributed by atoms with Gasteiger partial charge in [-0.2, -0.15) is 0 Å². The van der Waals surface area contributed by atoms with Crippen molar-refractivity contribution in [2.24, 2.45) is 5.73 Å². The SMILES string of the molecule is CCC1C(=O)NC(=O)CN1C(=O)C1(N)CC1. The summed E-state index contributed by atoms with van der Waals surface area (Å²) in [6.45, 7) is 1.73. The van der Waals surface area contributed by atoms with E-state index in [-0.39, 0.29) is 12.5 Å². The second-order valence-corrected chi connectivity index (χ2v) is 4.43. The van der Waals surface area contributed by atoms with Crippen molar-refractivity contribution in [3.63, 3.8) is 0 Å². The van der Waals surface area contributed by atoms with Gasteiger partial charge in [-0.05, 0) is 19.3 Å². The first-order valence-corrected chi connectivity index (χ1v) is 5.41. The number of carbonyl (C=O) groups excluding carboxylic acids is 3. The quantitative estimate of drug-likeness (QED) is 0.574. The third-order valence-electron chi connectivity index (χ3n) is 3.12. The Morgan fingerprint density at radius 3 is 2.69 bits per heavy atom. The molecule has 6 heteroatoms. The van der Waals surface area contributed by atoms with Crippen LogP contribution in [-0.4, -0.2) is 40.7 Å². The highest BCUT2D eigenvalue weighted by Gasteiger charge is 2.51. The van der Waals surface area contributed by atoms with Gasteiger partial charge in [-0.1, -0.05) is 6.92 Å². The Morgan fingerprint density at radius 2 is 2.19 bits per heavy atom. The maximum absolute atomic E-state index is 12.0.